The lowest BCUT2D eigenvalue weighted by Gasteiger charge is -2.38. The maximum absolute atomic E-state index is 12.0. The second kappa shape index (κ2) is 8.11. The van der Waals surface area contributed by atoms with Gasteiger partial charge in [0.05, 0.1) is 6.61 Å². The molecular formula is C16H31N3O2. The molecule has 2 fully saturated rings. The van der Waals surface area contributed by atoms with E-state index in [4.69, 9.17) is 4.74 Å². The Kier molecular flexibility index (Phi) is 6.45. The molecule has 0 aromatic carbocycles. The summed E-state index contributed by atoms with van der Waals surface area (Å²) in [6, 6.07) is 0.871. The molecule has 2 unspecified atom stereocenters. The van der Waals surface area contributed by atoms with Crippen LogP contribution in [0.1, 0.15) is 40.0 Å². The van der Waals surface area contributed by atoms with Crippen LogP contribution in [-0.2, 0) is 9.53 Å². The lowest BCUT2D eigenvalue weighted by molar-refractivity contribution is -0.146. The van der Waals surface area contributed by atoms with E-state index in [1.165, 1.54) is 25.9 Å². The minimum absolute atomic E-state index is 0.106. The maximum atomic E-state index is 12.0. The van der Waals surface area contributed by atoms with Gasteiger partial charge in [-0.1, -0.05) is 13.8 Å². The molecule has 0 aliphatic carbocycles. The van der Waals surface area contributed by atoms with Gasteiger partial charge < -0.3 is 15.0 Å². The first-order chi connectivity index (χ1) is 10.1. The van der Waals surface area contributed by atoms with E-state index in [0.29, 0.717) is 12.6 Å². The van der Waals surface area contributed by atoms with Gasteiger partial charge in [-0.2, -0.15) is 0 Å². The lowest BCUT2D eigenvalue weighted by Crippen LogP contribution is -2.51. The third-order valence-electron chi connectivity index (χ3n) is 4.51. The van der Waals surface area contributed by atoms with E-state index in [1.807, 2.05) is 6.92 Å². The quantitative estimate of drug-likeness (QED) is 0.713. The Bertz CT molecular complexity index is 335. The fourth-order valence-electron chi connectivity index (χ4n) is 3.48. The standard InChI is InChI=1S/C16H31N3O2/c1-4-21-16(20)15(17-13(2)3)7-9-18-10-11-19-8-5-6-14(19)12-18/h13-15,17H,4-12H2,1-3H3. The van der Waals surface area contributed by atoms with Crippen molar-refractivity contribution in [1.82, 2.24) is 15.1 Å². The summed E-state index contributed by atoms with van der Waals surface area (Å²) in [7, 11) is 0. The molecule has 5 nitrogen and oxygen atoms in total. The van der Waals surface area contributed by atoms with Crippen LogP contribution < -0.4 is 5.32 Å². The van der Waals surface area contributed by atoms with Gasteiger partial charge in [-0.25, -0.2) is 0 Å². The Morgan fingerprint density at radius 3 is 2.86 bits per heavy atom. The highest BCUT2D eigenvalue weighted by Crippen LogP contribution is 2.21. The molecule has 2 heterocycles. The van der Waals surface area contributed by atoms with Gasteiger partial charge in [0.15, 0.2) is 0 Å². The van der Waals surface area contributed by atoms with E-state index in [0.717, 1.165) is 32.1 Å². The minimum atomic E-state index is -0.174. The fourth-order valence-corrected chi connectivity index (χ4v) is 3.48. The number of carbonyl (C=O) groups excluding carboxylic acids is 1. The number of hydrogen-bond acceptors (Lipinski definition) is 5. The van der Waals surface area contributed by atoms with Crippen LogP contribution in [0.3, 0.4) is 0 Å². The number of ether oxygens (including phenoxy) is 1. The Hall–Kier alpha value is -0.650. The molecule has 2 aliphatic heterocycles. The molecule has 0 aromatic heterocycles. The first-order valence-corrected chi connectivity index (χ1v) is 8.49. The molecule has 0 bridgehead atoms. The summed E-state index contributed by atoms with van der Waals surface area (Å²) >= 11 is 0. The van der Waals surface area contributed by atoms with Crippen molar-refractivity contribution in [2.75, 3.05) is 39.3 Å². The normalized spacial score (nSPS) is 25.0. The van der Waals surface area contributed by atoms with Gasteiger partial charge >= 0.3 is 5.97 Å². The van der Waals surface area contributed by atoms with Gasteiger partial charge in [-0.15, -0.1) is 0 Å². The zero-order valence-electron chi connectivity index (χ0n) is 13.8. The molecular weight excluding hydrogens is 266 g/mol. The van der Waals surface area contributed by atoms with Crippen LogP contribution >= 0.6 is 0 Å². The molecule has 5 heteroatoms. The third-order valence-corrected chi connectivity index (χ3v) is 4.51. The Balaban J connectivity index is 1.79. The van der Waals surface area contributed by atoms with Crippen molar-refractivity contribution in [2.45, 2.75) is 58.2 Å². The van der Waals surface area contributed by atoms with E-state index in [9.17, 15) is 4.79 Å². The highest BCUT2D eigenvalue weighted by atomic mass is 16.5. The highest BCUT2D eigenvalue weighted by Gasteiger charge is 2.31. The topological polar surface area (TPSA) is 44.8 Å². The van der Waals surface area contributed by atoms with Crippen LogP contribution in [0.2, 0.25) is 0 Å². The predicted octanol–water partition coefficient (Wildman–Crippen LogP) is 1.09. The van der Waals surface area contributed by atoms with Gasteiger partial charge in [0.2, 0.25) is 0 Å². The van der Waals surface area contributed by atoms with E-state index >= 15 is 0 Å². The van der Waals surface area contributed by atoms with Crippen molar-refractivity contribution in [3.63, 3.8) is 0 Å². The third kappa shape index (κ3) is 4.94. The molecule has 21 heavy (non-hydrogen) atoms. The number of fused-ring (bicyclic) bond motifs is 1. The molecule has 2 saturated heterocycles. The molecule has 1 N–H and O–H groups in total. The molecule has 2 atom stereocenters. The number of hydrogen-bond donors (Lipinski definition) is 1. The van der Waals surface area contributed by atoms with Gasteiger partial charge in [-0.05, 0) is 32.7 Å². The van der Waals surface area contributed by atoms with E-state index in [-0.39, 0.29) is 12.0 Å². The SMILES string of the molecule is CCOC(=O)C(CCN1CCN2CCCC2C1)NC(C)C. The smallest absolute Gasteiger partial charge is 0.323 e. The monoisotopic (exact) mass is 297 g/mol. The number of rotatable bonds is 7. The van der Waals surface area contributed by atoms with Gasteiger partial charge in [0.25, 0.3) is 0 Å². The van der Waals surface area contributed by atoms with Crippen molar-refractivity contribution in [1.29, 1.82) is 0 Å². The average Bonchev–Trinajstić information content (AvgIpc) is 2.90. The van der Waals surface area contributed by atoms with Gasteiger partial charge in [0, 0.05) is 38.3 Å². The molecule has 0 spiro atoms. The van der Waals surface area contributed by atoms with Crippen molar-refractivity contribution in [3.05, 3.63) is 0 Å². The molecule has 2 rings (SSSR count). The maximum Gasteiger partial charge on any atom is 0.323 e. The van der Waals surface area contributed by atoms with Crippen molar-refractivity contribution in [2.24, 2.45) is 0 Å². The predicted molar refractivity (Wildman–Crippen MR) is 84.3 cm³/mol. The summed E-state index contributed by atoms with van der Waals surface area (Å²) in [6.45, 7) is 12.2. The summed E-state index contributed by atoms with van der Waals surface area (Å²) in [5, 5.41) is 3.34. The van der Waals surface area contributed by atoms with Crippen molar-refractivity contribution >= 4 is 5.97 Å². The Morgan fingerprint density at radius 2 is 2.14 bits per heavy atom. The van der Waals surface area contributed by atoms with Gasteiger partial charge in [0.1, 0.15) is 6.04 Å². The number of nitrogens with one attached hydrogen (secondary N) is 1. The molecule has 122 valence electrons. The van der Waals surface area contributed by atoms with E-state index in [1.54, 1.807) is 0 Å². The van der Waals surface area contributed by atoms with Crippen LogP contribution in [0, 0.1) is 0 Å². The lowest BCUT2D eigenvalue weighted by atomic mass is 10.1. The Labute approximate surface area is 129 Å². The Morgan fingerprint density at radius 1 is 1.33 bits per heavy atom. The van der Waals surface area contributed by atoms with Gasteiger partial charge in [-0.3, -0.25) is 9.69 Å². The van der Waals surface area contributed by atoms with Crippen LogP contribution in [0.4, 0.5) is 0 Å². The summed E-state index contributed by atoms with van der Waals surface area (Å²) in [6.07, 6.45) is 3.52. The van der Waals surface area contributed by atoms with Crippen molar-refractivity contribution < 1.29 is 9.53 Å². The molecule has 0 saturated carbocycles. The molecule has 0 radical (unpaired) electrons. The number of nitrogens with zero attached hydrogens (tertiary/aromatic N) is 2. The summed E-state index contributed by atoms with van der Waals surface area (Å²) in [5.41, 5.74) is 0. The van der Waals surface area contributed by atoms with Crippen LogP contribution in [0.5, 0.6) is 0 Å². The second-order valence-corrected chi connectivity index (χ2v) is 6.55. The van der Waals surface area contributed by atoms with Crippen LogP contribution in [0.25, 0.3) is 0 Å². The summed E-state index contributed by atoms with van der Waals surface area (Å²) in [5.74, 6) is -0.106. The zero-order valence-corrected chi connectivity index (χ0v) is 13.8. The van der Waals surface area contributed by atoms with Crippen LogP contribution in [-0.4, -0.2) is 73.2 Å². The van der Waals surface area contributed by atoms with Crippen molar-refractivity contribution in [3.8, 4) is 0 Å². The van der Waals surface area contributed by atoms with E-state index < -0.39 is 0 Å². The van der Waals surface area contributed by atoms with Crippen LogP contribution in [0.15, 0.2) is 0 Å². The number of esters is 1. The molecule has 0 aromatic rings. The zero-order chi connectivity index (χ0) is 15.2. The second-order valence-electron chi connectivity index (χ2n) is 6.55. The average molecular weight is 297 g/mol. The highest BCUT2D eigenvalue weighted by molar-refractivity contribution is 5.75. The number of piperazine rings is 1. The first kappa shape index (κ1) is 16.7. The molecule has 0 amide bonds. The fraction of sp³-hybridized carbons (Fsp3) is 0.938. The molecule has 2 aliphatic rings. The summed E-state index contributed by atoms with van der Waals surface area (Å²) in [4.78, 5) is 17.2. The van der Waals surface area contributed by atoms with E-state index in [2.05, 4.69) is 29.0 Å². The number of carbonyl (C=O) groups is 1. The minimum Gasteiger partial charge on any atom is -0.465 e. The first-order valence-electron chi connectivity index (χ1n) is 8.49. The largest absolute Gasteiger partial charge is 0.465 e. The summed E-state index contributed by atoms with van der Waals surface area (Å²) < 4.78 is 5.19.